The van der Waals surface area contributed by atoms with Crippen molar-refractivity contribution < 1.29 is 4.74 Å². The quantitative estimate of drug-likeness (QED) is 0.893. The Bertz CT molecular complexity index is 417. The van der Waals surface area contributed by atoms with E-state index in [0.717, 1.165) is 11.6 Å². The maximum absolute atomic E-state index is 5.13. The number of ether oxygens (including phenoxy) is 1. The van der Waals surface area contributed by atoms with Crippen LogP contribution >= 0.6 is 0 Å². The number of aromatic nitrogens is 1. The molecule has 0 spiro atoms. The second-order valence-electron chi connectivity index (χ2n) is 7.03. The number of nitrogens with zero attached hydrogens (tertiary/aromatic N) is 1. The topological polar surface area (TPSA) is 34.1 Å². The summed E-state index contributed by atoms with van der Waals surface area (Å²) in [7, 11) is 1.70. The summed E-state index contributed by atoms with van der Waals surface area (Å²) >= 11 is 0. The number of rotatable bonds is 4. The van der Waals surface area contributed by atoms with Gasteiger partial charge >= 0.3 is 0 Å². The molecule has 112 valence electrons. The van der Waals surface area contributed by atoms with Gasteiger partial charge in [0.2, 0.25) is 0 Å². The molecule has 3 heteroatoms. The van der Waals surface area contributed by atoms with Gasteiger partial charge in [-0.25, -0.2) is 0 Å². The first kappa shape index (κ1) is 15.3. The second-order valence-corrected chi connectivity index (χ2v) is 7.03. The summed E-state index contributed by atoms with van der Waals surface area (Å²) in [6.07, 6.45) is 7.06. The molecule has 0 radical (unpaired) electrons. The molecule has 2 rings (SSSR count). The van der Waals surface area contributed by atoms with Crippen molar-refractivity contribution in [3.63, 3.8) is 0 Å². The SMILES string of the molecule is COCc1cc(N[C@H]2CC[C@@H](C(C)(C)C)CC2)ccn1. The van der Waals surface area contributed by atoms with E-state index in [0.29, 0.717) is 18.1 Å². The first-order valence-corrected chi connectivity index (χ1v) is 7.69. The predicted molar refractivity (Wildman–Crippen MR) is 83.8 cm³/mol. The molecule has 1 fully saturated rings. The molecule has 0 aliphatic heterocycles. The summed E-state index contributed by atoms with van der Waals surface area (Å²) in [6.45, 7) is 7.67. The van der Waals surface area contributed by atoms with Gasteiger partial charge in [0.25, 0.3) is 0 Å². The van der Waals surface area contributed by atoms with Crippen LogP contribution in [0.3, 0.4) is 0 Å². The fourth-order valence-electron chi connectivity index (χ4n) is 3.13. The van der Waals surface area contributed by atoms with Crippen molar-refractivity contribution in [2.24, 2.45) is 11.3 Å². The van der Waals surface area contributed by atoms with E-state index in [1.807, 2.05) is 6.20 Å². The van der Waals surface area contributed by atoms with E-state index in [1.165, 1.54) is 31.4 Å². The number of methoxy groups -OCH3 is 1. The Labute approximate surface area is 123 Å². The second kappa shape index (κ2) is 6.57. The average molecular weight is 276 g/mol. The average Bonchev–Trinajstić information content (AvgIpc) is 2.39. The summed E-state index contributed by atoms with van der Waals surface area (Å²) in [5, 5.41) is 3.66. The lowest BCUT2D eigenvalue weighted by Crippen LogP contribution is -2.31. The zero-order valence-corrected chi connectivity index (χ0v) is 13.3. The van der Waals surface area contributed by atoms with Crippen molar-refractivity contribution in [2.75, 3.05) is 12.4 Å². The Morgan fingerprint density at radius 1 is 1.25 bits per heavy atom. The predicted octanol–water partition coefficient (Wildman–Crippen LogP) is 4.24. The van der Waals surface area contributed by atoms with Crippen molar-refractivity contribution in [2.45, 2.75) is 59.1 Å². The van der Waals surface area contributed by atoms with Gasteiger partial charge in [0.1, 0.15) is 0 Å². The molecule has 1 saturated carbocycles. The molecular formula is C17H28N2O. The Hall–Kier alpha value is -1.09. The zero-order valence-electron chi connectivity index (χ0n) is 13.3. The van der Waals surface area contributed by atoms with Gasteiger partial charge in [0, 0.05) is 25.0 Å². The van der Waals surface area contributed by atoms with Crippen LogP contribution in [0.15, 0.2) is 18.3 Å². The minimum absolute atomic E-state index is 0.452. The Kier molecular flexibility index (Phi) is 5.03. The van der Waals surface area contributed by atoms with Crippen LogP contribution in [0.5, 0.6) is 0 Å². The minimum atomic E-state index is 0.452. The van der Waals surface area contributed by atoms with Crippen LogP contribution in [0.1, 0.15) is 52.1 Å². The van der Waals surface area contributed by atoms with E-state index >= 15 is 0 Å². The van der Waals surface area contributed by atoms with E-state index in [1.54, 1.807) is 7.11 Å². The Morgan fingerprint density at radius 2 is 1.95 bits per heavy atom. The molecule has 0 aromatic carbocycles. The molecule has 0 saturated heterocycles. The van der Waals surface area contributed by atoms with Gasteiger partial charge in [-0.05, 0) is 49.1 Å². The minimum Gasteiger partial charge on any atom is -0.382 e. The third-order valence-electron chi connectivity index (χ3n) is 4.43. The highest BCUT2D eigenvalue weighted by Crippen LogP contribution is 2.38. The first-order valence-electron chi connectivity index (χ1n) is 7.69. The normalized spacial score (nSPS) is 23.6. The summed E-state index contributed by atoms with van der Waals surface area (Å²) in [5.74, 6) is 0.863. The number of hydrogen-bond acceptors (Lipinski definition) is 3. The third-order valence-corrected chi connectivity index (χ3v) is 4.43. The lowest BCUT2D eigenvalue weighted by Gasteiger charge is -2.37. The summed E-state index contributed by atoms with van der Waals surface area (Å²) < 4.78 is 5.13. The van der Waals surface area contributed by atoms with Gasteiger partial charge in [-0.3, -0.25) is 4.98 Å². The molecule has 0 unspecified atom stereocenters. The van der Waals surface area contributed by atoms with E-state index in [-0.39, 0.29) is 0 Å². The largest absolute Gasteiger partial charge is 0.382 e. The summed E-state index contributed by atoms with van der Waals surface area (Å²) in [4.78, 5) is 4.30. The van der Waals surface area contributed by atoms with E-state index in [9.17, 15) is 0 Å². The van der Waals surface area contributed by atoms with E-state index < -0.39 is 0 Å². The lowest BCUT2D eigenvalue weighted by molar-refractivity contribution is 0.173. The fraction of sp³-hybridized carbons (Fsp3) is 0.706. The smallest absolute Gasteiger partial charge is 0.0884 e. The monoisotopic (exact) mass is 276 g/mol. The van der Waals surface area contributed by atoms with Gasteiger partial charge in [0.05, 0.1) is 12.3 Å². The molecule has 0 amide bonds. The van der Waals surface area contributed by atoms with Crippen molar-refractivity contribution >= 4 is 5.69 Å². The standard InChI is InChI=1S/C17H28N2O/c1-17(2,3)13-5-7-14(8-6-13)19-15-9-10-18-16(11-15)12-20-4/h9-11,13-14H,5-8,12H2,1-4H3,(H,18,19)/t13-,14+. The third kappa shape index (κ3) is 4.20. The highest BCUT2D eigenvalue weighted by atomic mass is 16.5. The van der Waals surface area contributed by atoms with Crippen LogP contribution in [0, 0.1) is 11.3 Å². The molecule has 1 aliphatic rings. The number of anilines is 1. The molecule has 20 heavy (non-hydrogen) atoms. The Balaban J connectivity index is 1.88. The van der Waals surface area contributed by atoms with Gasteiger partial charge < -0.3 is 10.1 Å². The van der Waals surface area contributed by atoms with Gasteiger partial charge in [0.15, 0.2) is 0 Å². The lowest BCUT2D eigenvalue weighted by atomic mass is 9.71. The summed E-state index contributed by atoms with van der Waals surface area (Å²) in [5.41, 5.74) is 2.61. The van der Waals surface area contributed by atoms with Gasteiger partial charge in [-0.2, -0.15) is 0 Å². The molecule has 0 atom stereocenters. The van der Waals surface area contributed by atoms with Crippen LogP contribution in [0.2, 0.25) is 0 Å². The van der Waals surface area contributed by atoms with Crippen LogP contribution in [0.25, 0.3) is 0 Å². The van der Waals surface area contributed by atoms with Crippen molar-refractivity contribution in [3.8, 4) is 0 Å². The molecule has 3 nitrogen and oxygen atoms in total. The highest BCUT2D eigenvalue weighted by molar-refractivity contribution is 5.44. The summed E-state index contributed by atoms with van der Waals surface area (Å²) in [6, 6.07) is 4.75. The van der Waals surface area contributed by atoms with E-state index in [4.69, 9.17) is 4.74 Å². The van der Waals surface area contributed by atoms with Crippen LogP contribution in [-0.4, -0.2) is 18.1 Å². The Morgan fingerprint density at radius 3 is 2.55 bits per heavy atom. The number of hydrogen-bond donors (Lipinski definition) is 1. The van der Waals surface area contributed by atoms with Crippen LogP contribution in [-0.2, 0) is 11.3 Å². The van der Waals surface area contributed by atoms with Crippen LogP contribution < -0.4 is 5.32 Å². The fourth-order valence-corrected chi connectivity index (χ4v) is 3.13. The molecule has 1 heterocycles. The molecule has 1 aliphatic carbocycles. The molecule has 1 N–H and O–H groups in total. The molecule has 1 aromatic heterocycles. The van der Waals surface area contributed by atoms with Crippen LogP contribution in [0.4, 0.5) is 5.69 Å². The number of nitrogens with one attached hydrogen (secondary N) is 1. The van der Waals surface area contributed by atoms with Crippen molar-refractivity contribution in [3.05, 3.63) is 24.0 Å². The van der Waals surface area contributed by atoms with Crippen molar-refractivity contribution in [1.29, 1.82) is 0 Å². The maximum atomic E-state index is 5.13. The maximum Gasteiger partial charge on any atom is 0.0884 e. The van der Waals surface area contributed by atoms with Crippen molar-refractivity contribution in [1.82, 2.24) is 4.98 Å². The molecule has 0 bridgehead atoms. The molecule has 1 aromatic rings. The van der Waals surface area contributed by atoms with E-state index in [2.05, 4.69) is 43.2 Å². The highest BCUT2D eigenvalue weighted by Gasteiger charge is 2.29. The molecular weight excluding hydrogens is 248 g/mol. The van der Waals surface area contributed by atoms with Gasteiger partial charge in [-0.15, -0.1) is 0 Å². The van der Waals surface area contributed by atoms with Gasteiger partial charge in [-0.1, -0.05) is 20.8 Å². The number of pyridine rings is 1. The zero-order chi connectivity index (χ0) is 14.6. The first-order chi connectivity index (χ1) is 9.49.